The Hall–Kier alpha value is -2.16. The molecule has 9 heteroatoms. The van der Waals surface area contributed by atoms with Gasteiger partial charge in [0.25, 0.3) is 0 Å². The number of amides is 4. The third-order valence-corrected chi connectivity index (χ3v) is 6.12. The van der Waals surface area contributed by atoms with Gasteiger partial charge in [0.05, 0.1) is 0 Å². The standard InChI is InChI=1S/C19H29N3O6/c23-14(24)11-20-16(25)15-17(26)21(12-7-3-1-4-8-12)19(28)22(18(15)27)13-9-5-2-6-10-13/h12-13,15,17,26H,1-11H2,(H,20,25)(H,23,24). The van der Waals surface area contributed by atoms with Crippen LogP contribution in [-0.4, -0.2) is 68.7 Å². The predicted octanol–water partition coefficient (Wildman–Crippen LogP) is 1.05. The number of hydrogen-bond donors (Lipinski definition) is 3. The van der Waals surface area contributed by atoms with Crippen LogP contribution in [0.2, 0.25) is 0 Å². The number of imide groups is 1. The number of urea groups is 1. The second-order valence-electron chi connectivity index (χ2n) is 7.98. The zero-order valence-corrected chi connectivity index (χ0v) is 16.0. The first-order valence-electron chi connectivity index (χ1n) is 10.2. The summed E-state index contributed by atoms with van der Waals surface area (Å²) >= 11 is 0. The van der Waals surface area contributed by atoms with E-state index in [9.17, 15) is 24.3 Å². The Kier molecular flexibility index (Phi) is 6.53. The molecule has 0 radical (unpaired) electrons. The maximum absolute atomic E-state index is 13.2. The minimum absolute atomic E-state index is 0.217. The molecule has 2 atom stereocenters. The highest BCUT2D eigenvalue weighted by atomic mass is 16.4. The van der Waals surface area contributed by atoms with Crippen LogP contribution in [0.15, 0.2) is 0 Å². The molecule has 0 aromatic carbocycles. The maximum Gasteiger partial charge on any atom is 0.329 e. The number of rotatable bonds is 5. The summed E-state index contributed by atoms with van der Waals surface area (Å²) in [5.41, 5.74) is 0. The van der Waals surface area contributed by atoms with Crippen LogP contribution in [0.3, 0.4) is 0 Å². The zero-order chi connectivity index (χ0) is 20.3. The lowest BCUT2D eigenvalue weighted by Gasteiger charge is -2.48. The van der Waals surface area contributed by atoms with Crippen molar-refractivity contribution in [1.82, 2.24) is 15.1 Å². The summed E-state index contributed by atoms with van der Waals surface area (Å²) in [4.78, 5) is 52.1. The van der Waals surface area contributed by atoms with Gasteiger partial charge in [0.15, 0.2) is 12.1 Å². The number of carboxylic acids is 1. The van der Waals surface area contributed by atoms with Crippen LogP contribution >= 0.6 is 0 Å². The topological polar surface area (TPSA) is 127 Å². The molecule has 4 amide bonds. The van der Waals surface area contributed by atoms with Gasteiger partial charge in [0.1, 0.15) is 6.54 Å². The molecule has 2 aliphatic carbocycles. The molecule has 9 nitrogen and oxygen atoms in total. The fourth-order valence-corrected chi connectivity index (χ4v) is 4.70. The summed E-state index contributed by atoms with van der Waals surface area (Å²) in [5, 5.41) is 21.8. The number of aliphatic hydroxyl groups is 1. The average Bonchev–Trinajstić information content (AvgIpc) is 2.68. The molecule has 3 N–H and O–H groups in total. The second kappa shape index (κ2) is 8.89. The van der Waals surface area contributed by atoms with Gasteiger partial charge in [0.2, 0.25) is 11.8 Å². The maximum atomic E-state index is 13.2. The SMILES string of the molecule is O=C(O)CNC(=O)C1C(=O)N(C2CCCCC2)C(=O)N(C2CCCCC2)C1O. The number of nitrogens with one attached hydrogen (secondary N) is 1. The van der Waals surface area contributed by atoms with Gasteiger partial charge in [-0.1, -0.05) is 38.5 Å². The van der Waals surface area contributed by atoms with Gasteiger partial charge in [-0.05, 0) is 25.7 Å². The fourth-order valence-electron chi connectivity index (χ4n) is 4.70. The van der Waals surface area contributed by atoms with Crippen molar-refractivity contribution in [3.05, 3.63) is 0 Å². The van der Waals surface area contributed by atoms with E-state index in [0.717, 1.165) is 51.4 Å². The zero-order valence-electron chi connectivity index (χ0n) is 16.0. The summed E-state index contributed by atoms with van der Waals surface area (Å²) in [7, 11) is 0. The van der Waals surface area contributed by atoms with Crippen LogP contribution in [0, 0.1) is 5.92 Å². The molecule has 1 aliphatic heterocycles. The van der Waals surface area contributed by atoms with E-state index in [1.165, 1.54) is 9.80 Å². The third-order valence-electron chi connectivity index (χ3n) is 6.12. The number of carbonyl (C=O) groups excluding carboxylic acids is 3. The van der Waals surface area contributed by atoms with Crippen LogP contribution in [0.1, 0.15) is 64.2 Å². The van der Waals surface area contributed by atoms with E-state index in [1.807, 2.05) is 0 Å². The molecule has 28 heavy (non-hydrogen) atoms. The van der Waals surface area contributed by atoms with Crippen molar-refractivity contribution < 1.29 is 29.4 Å². The van der Waals surface area contributed by atoms with E-state index in [1.54, 1.807) is 0 Å². The van der Waals surface area contributed by atoms with Gasteiger partial charge >= 0.3 is 12.0 Å². The number of carbonyl (C=O) groups is 4. The molecular formula is C19H29N3O6. The predicted molar refractivity (Wildman–Crippen MR) is 98.0 cm³/mol. The number of hydrogen-bond acceptors (Lipinski definition) is 5. The van der Waals surface area contributed by atoms with Gasteiger partial charge in [-0.25, -0.2) is 4.79 Å². The molecule has 0 bridgehead atoms. The third kappa shape index (κ3) is 4.14. The Morgan fingerprint density at radius 1 is 0.929 bits per heavy atom. The molecule has 3 aliphatic rings. The number of aliphatic carboxylic acids is 1. The largest absolute Gasteiger partial charge is 0.480 e. The fraction of sp³-hybridized carbons (Fsp3) is 0.789. The van der Waals surface area contributed by atoms with Crippen LogP contribution in [0.5, 0.6) is 0 Å². The molecule has 0 spiro atoms. The van der Waals surface area contributed by atoms with Gasteiger partial charge in [0, 0.05) is 12.1 Å². The summed E-state index contributed by atoms with van der Waals surface area (Å²) < 4.78 is 0. The first-order valence-corrected chi connectivity index (χ1v) is 10.2. The summed E-state index contributed by atoms with van der Waals surface area (Å²) in [6.07, 6.45) is 7.02. The Balaban J connectivity index is 1.88. The highest BCUT2D eigenvalue weighted by Crippen LogP contribution is 2.34. The Bertz CT molecular complexity index is 627. The molecule has 3 rings (SSSR count). The smallest absolute Gasteiger partial charge is 0.329 e. The van der Waals surface area contributed by atoms with E-state index in [2.05, 4.69) is 5.32 Å². The monoisotopic (exact) mass is 395 g/mol. The molecular weight excluding hydrogens is 366 g/mol. The van der Waals surface area contributed by atoms with Crippen molar-refractivity contribution in [2.45, 2.75) is 82.5 Å². The lowest BCUT2D eigenvalue weighted by molar-refractivity contribution is -0.163. The van der Waals surface area contributed by atoms with Crippen molar-refractivity contribution in [3.8, 4) is 0 Å². The van der Waals surface area contributed by atoms with Gasteiger partial charge in [-0.3, -0.25) is 24.2 Å². The molecule has 3 fully saturated rings. The van der Waals surface area contributed by atoms with E-state index in [0.29, 0.717) is 12.8 Å². The van der Waals surface area contributed by atoms with Crippen molar-refractivity contribution in [2.24, 2.45) is 5.92 Å². The number of aliphatic hydroxyl groups excluding tert-OH is 1. The Morgan fingerprint density at radius 2 is 1.46 bits per heavy atom. The molecule has 0 aromatic rings. The van der Waals surface area contributed by atoms with E-state index < -0.39 is 42.5 Å². The first-order chi connectivity index (χ1) is 13.4. The summed E-state index contributed by atoms with van der Waals surface area (Å²) in [5.74, 6) is -4.32. The van der Waals surface area contributed by atoms with Gasteiger partial charge in [-0.2, -0.15) is 0 Å². The second-order valence-corrected chi connectivity index (χ2v) is 7.98. The van der Waals surface area contributed by atoms with Crippen molar-refractivity contribution in [3.63, 3.8) is 0 Å². The average molecular weight is 395 g/mol. The van der Waals surface area contributed by atoms with Gasteiger partial charge < -0.3 is 15.5 Å². The molecule has 1 heterocycles. The molecule has 2 unspecified atom stereocenters. The minimum Gasteiger partial charge on any atom is -0.480 e. The van der Waals surface area contributed by atoms with Crippen molar-refractivity contribution in [2.75, 3.05) is 6.54 Å². The number of carboxylic acid groups (broad SMARTS) is 1. The highest BCUT2D eigenvalue weighted by molar-refractivity contribution is 6.09. The Morgan fingerprint density at radius 3 is 2.00 bits per heavy atom. The van der Waals surface area contributed by atoms with Crippen LogP contribution < -0.4 is 5.32 Å². The Labute approximate surface area is 164 Å². The minimum atomic E-state index is -1.57. The van der Waals surface area contributed by atoms with E-state index in [4.69, 9.17) is 5.11 Å². The first kappa shape index (κ1) is 20.6. The van der Waals surface area contributed by atoms with Crippen LogP contribution in [0.25, 0.3) is 0 Å². The lowest BCUT2D eigenvalue weighted by Crippen LogP contribution is -2.69. The van der Waals surface area contributed by atoms with E-state index in [-0.39, 0.29) is 12.1 Å². The molecule has 1 saturated heterocycles. The molecule has 2 saturated carbocycles. The van der Waals surface area contributed by atoms with Crippen LogP contribution in [-0.2, 0) is 14.4 Å². The van der Waals surface area contributed by atoms with Crippen molar-refractivity contribution in [1.29, 1.82) is 0 Å². The van der Waals surface area contributed by atoms with Gasteiger partial charge in [-0.15, -0.1) is 0 Å². The number of nitrogens with zero attached hydrogens (tertiary/aromatic N) is 2. The summed E-state index contributed by atoms with van der Waals surface area (Å²) in [6, 6.07) is -1.01. The molecule has 0 aromatic heterocycles. The quantitative estimate of drug-likeness (QED) is 0.597. The van der Waals surface area contributed by atoms with Crippen LogP contribution in [0.4, 0.5) is 4.79 Å². The van der Waals surface area contributed by atoms with Crippen molar-refractivity contribution >= 4 is 23.8 Å². The van der Waals surface area contributed by atoms with E-state index >= 15 is 0 Å². The molecule has 156 valence electrons. The lowest BCUT2D eigenvalue weighted by atomic mass is 9.89. The highest BCUT2D eigenvalue weighted by Gasteiger charge is 2.53. The summed E-state index contributed by atoms with van der Waals surface area (Å²) in [6.45, 7) is -0.643. The normalized spacial score (nSPS) is 27.8.